The molecule has 3 heterocycles. The molecule has 3 aliphatic heterocycles. The lowest BCUT2D eigenvalue weighted by atomic mass is 9.84. The second-order valence-electron chi connectivity index (χ2n) is 12.8. The average Bonchev–Trinajstić information content (AvgIpc) is 3.85. The number of carboxylic acid groups (broad SMARTS) is 1. The van der Waals surface area contributed by atoms with Crippen LogP contribution in [0.25, 0.3) is 0 Å². The van der Waals surface area contributed by atoms with Crippen molar-refractivity contribution >= 4 is 17.6 Å². The number of rotatable bonds is 5. The number of piperazine rings is 1. The molecule has 3 fully saturated rings. The van der Waals surface area contributed by atoms with E-state index in [0.717, 1.165) is 25.0 Å². The van der Waals surface area contributed by atoms with Gasteiger partial charge in [-0.25, -0.2) is 9.18 Å². The number of alkyl halides is 6. The van der Waals surface area contributed by atoms with Crippen molar-refractivity contribution in [2.45, 2.75) is 75.6 Å². The fourth-order valence-electron chi connectivity index (χ4n) is 7.40. The Hall–Kier alpha value is -3.39. The molecule has 1 amide bonds. The zero-order chi connectivity index (χ0) is 33.2. The van der Waals surface area contributed by atoms with Gasteiger partial charge < -0.3 is 19.6 Å². The number of benzene rings is 2. The number of hydrogen-bond donors (Lipinski definition) is 1. The van der Waals surface area contributed by atoms with Crippen LogP contribution >= 0.6 is 0 Å². The van der Waals surface area contributed by atoms with E-state index in [2.05, 4.69) is 4.90 Å². The largest absolute Gasteiger partial charge is 0.478 e. The van der Waals surface area contributed by atoms with Crippen LogP contribution in [-0.2, 0) is 34.8 Å². The van der Waals surface area contributed by atoms with Gasteiger partial charge >= 0.3 is 18.3 Å². The van der Waals surface area contributed by atoms with E-state index in [0.29, 0.717) is 38.2 Å². The Labute approximate surface area is 260 Å². The van der Waals surface area contributed by atoms with E-state index in [-0.39, 0.29) is 67.2 Å². The Kier molecular flexibility index (Phi) is 8.27. The molecule has 14 heteroatoms. The van der Waals surface area contributed by atoms with Crippen molar-refractivity contribution in [2.24, 2.45) is 5.92 Å². The van der Waals surface area contributed by atoms with Gasteiger partial charge in [0.1, 0.15) is 11.4 Å². The molecule has 6 rings (SSSR count). The summed E-state index contributed by atoms with van der Waals surface area (Å²) >= 11 is 0. The number of carboxylic acids is 1. The van der Waals surface area contributed by atoms with Crippen LogP contribution in [0.15, 0.2) is 30.3 Å². The van der Waals surface area contributed by atoms with Crippen LogP contribution in [-0.4, -0.2) is 77.3 Å². The second kappa shape index (κ2) is 11.7. The number of nitrogens with zero attached hydrogens (tertiary/aromatic N) is 3. The van der Waals surface area contributed by atoms with E-state index >= 15 is 0 Å². The summed E-state index contributed by atoms with van der Waals surface area (Å²) in [5, 5.41) is 9.31. The molecule has 3 atom stereocenters. The Bertz CT molecular complexity index is 1520. The molecule has 1 saturated carbocycles. The molecule has 1 aliphatic carbocycles. The standard InChI is InChI=1S/C32H34F7N3O4/c1-18-15-40(10-11-42(18)22-4-5-27(33)25(14-22)28(43)44)23-6-8-30(46-17-23,20-2-3-20)29(45)41-9-7-24-19(16-41)12-21(31(34,35)36)13-26(24)32(37,38)39/h4-5,12-14,18,20,23H,2-3,6-11,15-17H2,1H3,(H,43,44)/t18?,23-,30+/m1/s1. The molecule has 4 aliphatic rings. The van der Waals surface area contributed by atoms with Gasteiger partial charge in [-0.15, -0.1) is 0 Å². The lowest BCUT2D eigenvalue weighted by Crippen LogP contribution is -2.61. The summed E-state index contributed by atoms with van der Waals surface area (Å²) in [6.07, 6.45) is -7.63. The molecular formula is C32H34F7N3O4. The van der Waals surface area contributed by atoms with Gasteiger partial charge in [-0.1, -0.05) is 0 Å². The Morgan fingerprint density at radius 1 is 0.978 bits per heavy atom. The smallest absolute Gasteiger partial charge is 0.416 e. The van der Waals surface area contributed by atoms with Crippen LogP contribution in [0.3, 0.4) is 0 Å². The van der Waals surface area contributed by atoms with Crippen LogP contribution in [0, 0.1) is 11.7 Å². The lowest BCUT2D eigenvalue weighted by molar-refractivity contribution is -0.176. The fourth-order valence-corrected chi connectivity index (χ4v) is 7.40. The first-order valence-electron chi connectivity index (χ1n) is 15.4. The van der Waals surface area contributed by atoms with E-state index in [9.17, 15) is 45.4 Å². The number of hydrogen-bond acceptors (Lipinski definition) is 5. The summed E-state index contributed by atoms with van der Waals surface area (Å²) in [7, 11) is 0. The van der Waals surface area contributed by atoms with Gasteiger partial charge in [-0.3, -0.25) is 9.69 Å². The molecule has 1 unspecified atom stereocenters. The van der Waals surface area contributed by atoms with E-state index in [4.69, 9.17) is 4.74 Å². The summed E-state index contributed by atoms with van der Waals surface area (Å²) in [6.45, 7) is 3.62. The number of anilines is 1. The predicted molar refractivity (Wildman–Crippen MR) is 152 cm³/mol. The molecule has 2 aromatic carbocycles. The average molecular weight is 658 g/mol. The van der Waals surface area contributed by atoms with Gasteiger partial charge in [-0.05, 0) is 86.4 Å². The number of ether oxygens (including phenoxy) is 1. The summed E-state index contributed by atoms with van der Waals surface area (Å²) in [5.41, 5.74) is -4.01. The zero-order valence-electron chi connectivity index (χ0n) is 25.1. The number of carbonyl (C=O) groups excluding carboxylic acids is 1. The van der Waals surface area contributed by atoms with Crippen molar-refractivity contribution < 1.29 is 50.2 Å². The zero-order valence-corrected chi connectivity index (χ0v) is 25.1. The lowest BCUT2D eigenvalue weighted by Gasteiger charge is -2.49. The van der Waals surface area contributed by atoms with Crippen LogP contribution in [0.5, 0.6) is 0 Å². The van der Waals surface area contributed by atoms with Gasteiger partial charge in [0.2, 0.25) is 0 Å². The number of halogens is 7. The van der Waals surface area contributed by atoms with E-state index in [1.165, 1.54) is 11.0 Å². The van der Waals surface area contributed by atoms with Crippen molar-refractivity contribution in [3.63, 3.8) is 0 Å². The van der Waals surface area contributed by atoms with Crippen LogP contribution in [0.4, 0.5) is 36.4 Å². The molecule has 7 nitrogen and oxygen atoms in total. The predicted octanol–water partition coefficient (Wildman–Crippen LogP) is 5.98. The van der Waals surface area contributed by atoms with Gasteiger partial charge in [0, 0.05) is 50.5 Å². The van der Waals surface area contributed by atoms with Gasteiger partial charge in [0.25, 0.3) is 5.91 Å². The fraction of sp³-hybridized carbons (Fsp3) is 0.562. The number of fused-ring (bicyclic) bond motifs is 1. The third-order valence-electron chi connectivity index (χ3n) is 9.92. The van der Waals surface area contributed by atoms with Crippen molar-refractivity contribution in [2.75, 3.05) is 37.7 Å². The highest BCUT2D eigenvalue weighted by molar-refractivity contribution is 5.89. The first-order valence-corrected chi connectivity index (χ1v) is 15.4. The molecule has 1 N–H and O–H groups in total. The Morgan fingerprint density at radius 2 is 1.72 bits per heavy atom. The quantitative estimate of drug-likeness (QED) is 0.399. The van der Waals surface area contributed by atoms with Crippen LogP contribution < -0.4 is 4.90 Å². The van der Waals surface area contributed by atoms with Crippen LogP contribution in [0.2, 0.25) is 0 Å². The topological polar surface area (TPSA) is 73.3 Å². The summed E-state index contributed by atoms with van der Waals surface area (Å²) in [4.78, 5) is 31.1. The molecule has 0 radical (unpaired) electrons. The van der Waals surface area contributed by atoms with Crippen molar-refractivity contribution in [1.82, 2.24) is 9.80 Å². The third-order valence-corrected chi connectivity index (χ3v) is 9.92. The summed E-state index contributed by atoms with van der Waals surface area (Å²) in [5.74, 6) is -2.59. The second-order valence-corrected chi connectivity index (χ2v) is 12.8. The minimum Gasteiger partial charge on any atom is -0.478 e. The molecule has 0 spiro atoms. The number of aromatic carboxylic acids is 1. The first kappa shape index (κ1) is 32.5. The maximum absolute atomic E-state index is 14.0. The first-order chi connectivity index (χ1) is 21.6. The van der Waals surface area contributed by atoms with Crippen molar-refractivity contribution in [1.29, 1.82) is 0 Å². The van der Waals surface area contributed by atoms with Gasteiger partial charge in [0.15, 0.2) is 0 Å². The third kappa shape index (κ3) is 6.05. The van der Waals surface area contributed by atoms with Gasteiger partial charge in [0.05, 0.1) is 23.3 Å². The molecule has 0 bridgehead atoms. The molecule has 250 valence electrons. The number of amides is 1. The van der Waals surface area contributed by atoms with Crippen molar-refractivity contribution in [3.8, 4) is 0 Å². The summed E-state index contributed by atoms with van der Waals surface area (Å²) in [6, 6.07) is 4.86. The normalized spacial score (nSPS) is 26.2. The van der Waals surface area contributed by atoms with E-state index in [1.807, 2.05) is 11.8 Å². The van der Waals surface area contributed by atoms with Gasteiger partial charge in [-0.2, -0.15) is 26.3 Å². The highest BCUT2D eigenvalue weighted by Crippen LogP contribution is 2.49. The molecule has 2 saturated heterocycles. The van der Waals surface area contributed by atoms with E-state index in [1.54, 1.807) is 6.07 Å². The maximum atomic E-state index is 14.0. The maximum Gasteiger partial charge on any atom is 0.416 e. The SMILES string of the molecule is CC1CN([C@@H]2CC[C@@](C(=O)N3CCc4c(cc(C(F)(F)F)cc4C(F)(F)F)C3)(C3CC3)OC2)CCN1c1ccc(F)c(C(=O)O)c1. The highest BCUT2D eigenvalue weighted by atomic mass is 19.4. The Balaban J connectivity index is 1.14. The molecular weight excluding hydrogens is 623 g/mol. The highest BCUT2D eigenvalue weighted by Gasteiger charge is 2.56. The molecule has 0 aromatic heterocycles. The molecule has 46 heavy (non-hydrogen) atoms. The van der Waals surface area contributed by atoms with Crippen molar-refractivity contribution in [3.05, 3.63) is 64.0 Å². The van der Waals surface area contributed by atoms with E-state index < -0.39 is 46.4 Å². The Morgan fingerprint density at radius 3 is 2.30 bits per heavy atom. The monoisotopic (exact) mass is 657 g/mol. The van der Waals surface area contributed by atoms with Crippen LogP contribution in [0.1, 0.15) is 65.2 Å². The number of carbonyl (C=O) groups is 2. The minimum atomic E-state index is -4.97. The molecule has 2 aromatic rings. The minimum absolute atomic E-state index is 0.0159. The summed E-state index contributed by atoms with van der Waals surface area (Å²) < 4.78 is 102.